The van der Waals surface area contributed by atoms with Crippen molar-refractivity contribution in [3.63, 3.8) is 0 Å². The number of nitrogens with one attached hydrogen (secondary N) is 1. The summed E-state index contributed by atoms with van der Waals surface area (Å²) >= 11 is 1.38. The fourth-order valence-electron chi connectivity index (χ4n) is 2.13. The molecule has 1 fully saturated rings. The largest absolute Gasteiger partial charge is 0.405 e. The Kier molecular flexibility index (Phi) is 5.14. The van der Waals surface area contributed by atoms with Gasteiger partial charge in [0.1, 0.15) is 6.54 Å². The molecule has 0 aliphatic heterocycles. The van der Waals surface area contributed by atoms with Crippen molar-refractivity contribution in [3.8, 4) is 0 Å². The maximum atomic E-state index is 12.5. The molecule has 0 radical (unpaired) electrons. The van der Waals surface area contributed by atoms with Gasteiger partial charge in [-0.1, -0.05) is 13.8 Å². The Hall–Kier alpha value is -0.820. The molecule has 2 rings (SSSR count). The van der Waals surface area contributed by atoms with Crippen LogP contribution in [-0.4, -0.2) is 31.3 Å². The van der Waals surface area contributed by atoms with Gasteiger partial charge in [0.15, 0.2) is 5.13 Å². The first-order valence-corrected chi connectivity index (χ1v) is 8.06. The smallest absolute Gasteiger partial charge is 0.342 e. The van der Waals surface area contributed by atoms with Crippen molar-refractivity contribution in [2.24, 2.45) is 5.92 Å². The van der Waals surface area contributed by atoms with Crippen LogP contribution in [-0.2, 0) is 6.54 Å². The number of aromatic nitrogens is 1. The van der Waals surface area contributed by atoms with Crippen LogP contribution < -0.4 is 10.2 Å². The van der Waals surface area contributed by atoms with Gasteiger partial charge in [-0.2, -0.15) is 13.2 Å². The molecule has 7 heteroatoms. The van der Waals surface area contributed by atoms with Crippen LogP contribution in [0.15, 0.2) is 0 Å². The molecular formula is C14H22F3N3S. The second-order valence-electron chi connectivity index (χ2n) is 6.08. The molecule has 0 amide bonds. The van der Waals surface area contributed by atoms with Crippen molar-refractivity contribution in [2.45, 2.75) is 45.3 Å². The van der Waals surface area contributed by atoms with Gasteiger partial charge < -0.3 is 10.2 Å². The van der Waals surface area contributed by atoms with E-state index in [4.69, 9.17) is 0 Å². The SMILES string of the molecule is CC(C)CNCc1sc(N(C)CC(F)(F)F)nc1C1CC1. The molecule has 0 saturated heterocycles. The monoisotopic (exact) mass is 321 g/mol. The van der Waals surface area contributed by atoms with Crippen molar-refractivity contribution in [2.75, 3.05) is 25.0 Å². The third-order valence-electron chi connectivity index (χ3n) is 3.26. The van der Waals surface area contributed by atoms with Crippen LogP contribution in [0.5, 0.6) is 0 Å². The van der Waals surface area contributed by atoms with Crippen LogP contribution in [0.3, 0.4) is 0 Å². The van der Waals surface area contributed by atoms with Gasteiger partial charge in [-0.3, -0.25) is 0 Å². The summed E-state index contributed by atoms with van der Waals surface area (Å²) in [5.74, 6) is 1.000. The third-order valence-corrected chi connectivity index (χ3v) is 4.45. The number of halogens is 3. The zero-order valence-corrected chi connectivity index (χ0v) is 13.4. The number of hydrogen-bond acceptors (Lipinski definition) is 4. The van der Waals surface area contributed by atoms with E-state index in [-0.39, 0.29) is 0 Å². The highest BCUT2D eigenvalue weighted by molar-refractivity contribution is 7.15. The number of nitrogens with zero attached hydrogens (tertiary/aromatic N) is 2. The molecule has 0 unspecified atom stereocenters. The number of alkyl halides is 3. The fourth-order valence-corrected chi connectivity index (χ4v) is 3.20. The zero-order valence-electron chi connectivity index (χ0n) is 12.6. The van der Waals surface area contributed by atoms with Gasteiger partial charge in [-0.25, -0.2) is 4.98 Å². The van der Waals surface area contributed by atoms with Gasteiger partial charge in [0.2, 0.25) is 0 Å². The minimum absolute atomic E-state index is 0.449. The van der Waals surface area contributed by atoms with E-state index >= 15 is 0 Å². The Morgan fingerprint density at radius 1 is 1.38 bits per heavy atom. The Bertz CT molecular complexity index is 467. The topological polar surface area (TPSA) is 28.2 Å². The van der Waals surface area contributed by atoms with Gasteiger partial charge in [0.25, 0.3) is 0 Å². The third kappa shape index (κ3) is 5.14. The molecule has 3 nitrogen and oxygen atoms in total. The molecule has 0 atom stereocenters. The van der Waals surface area contributed by atoms with Crippen molar-refractivity contribution < 1.29 is 13.2 Å². The summed E-state index contributed by atoms with van der Waals surface area (Å²) in [6, 6.07) is 0. The average molecular weight is 321 g/mol. The maximum Gasteiger partial charge on any atom is 0.405 e. The predicted octanol–water partition coefficient (Wildman–Crippen LogP) is 3.76. The molecule has 21 heavy (non-hydrogen) atoms. The Morgan fingerprint density at radius 2 is 2.05 bits per heavy atom. The standard InChI is InChI=1S/C14H22F3N3S/c1-9(2)6-18-7-11-12(10-4-5-10)19-13(21-11)20(3)8-14(15,16)17/h9-10,18H,4-8H2,1-3H3. The number of anilines is 1. The van der Waals surface area contributed by atoms with Crippen molar-refractivity contribution in [1.29, 1.82) is 0 Å². The molecule has 1 aliphatic rings. The summed E-state index contributed by atoms with van der Waals surface area (Å²) in [5, 5.41) is 3.82. The first-order valence-electron chi connectivity index (χ1n) is 7.24. The lowest BCUT2D eigenvalue weighted by atomic mass is 10.2. The van der Waals surface area contributed by atoms with E-state index in [0.717, 1.165) is 30.0 Å². The number of rotatable bonds is 7. The lowest BCUT2D eigenvalue weighted by Crippen LogP contribution is -2.30. The molecular weight excluding hydrogens is 299 g/mol. The van der Waals surface area contributed by atoms with Crippen LogP contribution in [0.25, 0.3) is 0 Å². The van der Waals surface area contributed by atoms with Crippen LogP contribution in [0, 0.1) is 5.92 Å². The van der Waals surface area contributed by atoms with E-state index in [2.05, 4.69) is 24.1 Å². The minimum Gasteiger partial charge on any atom is -0.342 e. The van der Waals surface area contributed by atoms with Gasteiger partial charge in [0, 0.05) is 24.4 Å². The summed E-state index contributed by atoms with van der Waals surface area (Å²) < 4.78 is 37.5. The summed E-state index contributed by atoms with van der Waals surface area (Å²) in [6.45, 7) is 4.90. The Balaban J connectivity index is 2.05. The lowest BCUT2D eigenvalue weighted by molar-refractivity contribution is -0.119. The average Bonchev–Trinajstić information content (AvgIpc) is 3.08. The lowest BCUT2D eigenvalue weighted by Gasteiger charge is -2.17. The second kappa shape index (κ2) is 6.52. The minimum atomic E-state index is -4.20. The molecule has 1 aromatic rings. The number of thiazole rings is 1. The van der Waals surface area contributed by atoms with E-state index < -0.39 is 12.7 Å². The van der Waals surface area contributed by atoms with Crippen LogP contribution in [0.2, 0.25) is 0 Å². The van der Waals surface area contributed by atoms with Gasteiger partial charge in [0.05, 0.1) is 5.69 Å². The van der Waals surface area contributed by atoms with Crippen molar-refractivity contribution >= 4 is 16.5 Å². The zero-order chi connectivity index (χ0) is 15.6. The molecule has 0 spiro atoms. The molecule has 1 saturated carbocycles. The van der Waals surface area contributed by atoms with Crippen LogP contribution >= 0.6 is 11.3 Å². The summed E-state index contributed by atoms with van der Waals surface area (Å²) in [5.41, 5.74) is 1.00. The predicted molar refractivity (Wildman–Crippen MR) is 80.0 cm³/mol. The van der Waals surface area contributed by atoms with Gasteiger partial charge in [-0.05, 0) is 25.3 Å². The van der Waals surface area contributed by atoms with E-state index in [1.165, 1.54) is 23.3 Å². The quantitative estimate of drug-likeness (QED) is 0.829. The van der Waals surface area contributed by atoms with E-state index in [9.17, 15) is 13.2 Å². The maximum absolute atomic E-state index is 12.5. The second-order valence-corrected chi connectivity index (χ2v) is 7.14. The number of hydrogen-bond donors (Lipinski definition) is 1. The summed E-state index contributed by atoms with van der Waals surface area (Å²) in [7, 11) is 1.45. The van der Waals surface area contributed by atoms with Gasteiger partial charge >= 0.3 is 6.18 Å². The molecule has 0 aromatic carbocycles. The highest BCUT2D eigenvalue weighted by Crippen LogP contribution is 2.44. The van der Waals surface area contributed by atoms with E-state index in [1.807, 2.05) is 0 Å². The highest BCUT2D eigenvalue weighted by atomic mass is 32.1. The Morgan fingerprint density at radius 3 is 2.57 bits per heavy atom. The van der Waals surface area contributed by atoms with Crippen LogP contribution in [0.4, 0.5) is 18.3 Å². The summed E-state index contributed by atoms with van der Waals surface area (Å²) in [6.07, 6.45) is -2.00. The fraction of sp³-hybridized carbons (Fsp3) is 0.786. The molecule has 120 valence electrons. The molecule has 1 N–H and O–H groups in total. The Labute approximate surface area is 127 Å². The normalized spacial score (nSPS) is 15.8. The van der Waals surface area contributed by atoms with Gasteiger partial charge in [-0.15, -0.1) is 11.3 Å². The van der Waals surface area contributed by atoms with Crippen molar-refractivity contribution in [1.82, 2.24) is 10.3 Å². The van der Waals surface area contributed by atoms with Crippen LogP contribution in [0.1, 0.15) is 43.2 Å². The summed E-state index contributed by atoms with van der Waals surface area (Å²) in [4.78, 5) is 6.74. The molecule has 0 bridgehead atoms. The first-order chi connectivity index (χ1) is 9.76. The molecule has 1 aromatic heterocycles. The molecule has 1 heterocycles. The van der Waals surface area contributed by atoms with Crippen molar-refractivity contribution in [3.05, 3.63) is 10.6 Å². The van der Waals surface area contributed by atoms with E-state index in [1.54, 1.807) is 0 Å². The highest BCUT2D eigenvalue weighted by Gasteiger charge is 2.33. The molecule has 1 aliphatic carbocycles. The first kappa shape index (κ1) is 16.5. The van der Waals surface area contributed by atoms with E-state index in [0.29, 0.717) is 23.5 Å².